The molecule has 0 amide bonds. The lowest BCUT2D eigenvalue weighted by Gasteiger charge is -2.34. The van der Waals surface area contributed by atoms with E-state index in [2.05, 4.69) is 65.2 Å². The van der Waals surface area contributed by atoms with Crippen molar-refractivity contribution in [2.24, 2.45) is 4.99 Å². The number of aromatic hydroxyl groups is 1. The zero-order valence-electron chi connectivity index (χ0n) is 17.7. The number of phenols is 1. The number of imidazole rings is 1. The molecule has 158 valence electrons. The lowest BCUT2D eigenvalue weighted by molar-refractivity contribution is 0.430. The molecule has 2 atom stereocenters. The summed E-state index contributed by atoms with van der Waals surface area (Å²) in [6, 6.07) is 16.0. The van der Waals surface area contributed by atoms with Crippen LogP contribution in [0.15, 0.2) is 65.2 Å². The molecule has 4 aromatic rings. The Kier molecular flexibility index (Phi) is 5.00. The summed E-state index contributed by atoms with van der Waals surface area (Å²) >= 11 is 1.72. The van der Waals surface area contributed by atoms with E-state index in [1.165, 1.54) is 10.1 Å². The minimum absolute atomic E-state index is 0.0952. The third kappa shape index (κ3) is 3.40. The monoisotopic (exact) mass is 431 g/mol. The smallest absolute Gasteiger partial charge is 0.161 e. The van der Waals surface area contributed by atoms with Crippen molar-refractivity contribution >= 4 is 39.3 Å². The highest BCUT2D eigenvalue weighted by Crippen LogP contribution is 2.41. The molecule has 6 nitrogen and oxygen atoms in total. The van der Waals surface area contributed by atoms with Crippen LogP contribution in [0.4, 0.5) is 11.5 Å². The fraction of sp³-hybridized carbons (Fsp3) is 0.250. The number of aromatic nitrogens is 2. The van der Waals surface area contributed by atoms with Crippen LogP contribution in [-0.4, -0.2) is 21.0 Å². The van der Waals surface area contributed by atoms with Crippen LogP contribution in [0.1, 0.15) is 50.3 Å². The molecule has 0 saturated carbocycles. The van der Waals surface area contributed by atoms with Gasteiger partial charge in [-0.15, -0.1) is 11.3 Å². The van der Waals surface area contributed by atoms with Crippen LogP contribution in [0.2, 0.25) is 0 Å². The maximum atomic E-state index is 10.4. The zero-order chi connectivity index (χ0) is 21.5. The highest BCUT2D eigenvalue weighted by atomic mass is 32.1. The molecule has 5 rings (SSSR count). The van der Waals surface area contributed by atoms with E-state index in [9.17, 15) is 5.11 Å². The van der Waals surface area contributed by atoms with E-state index >= 15 is 0 Å². The quantitative estimate of drug-likeness (QED) is 0.412. The summed E-state index contributed by atoms with van der Waals surface area (Å²) in [6.45, 7) is 6.32. The first-order valence-corrected chi connectivity index (χ1v) is 11.3. The second-order valence-corrected chi connectivity index (χ2v) is 8.98. The van der Waals surface area contributed by atoms with E-state index in [1.54, 1.807) is 17.4 Å². The molecule has 1 aliphatic rings. The molecular formula is C24H25N5OS. The van der Waals surface area contributed by atoms with E-state index in [1.807, 2.05) is 30.9 Å². The number of hydrogen-bond donors (Lipinski definition) is 2. The van der Waals surface area contributed by atoms with Crippen molar-refractivity contribution in [3.8, 4) is 5.75 Å². The van der Waals surface area contributed by atoms with Gasteiger partial charge in [-0.1, -0.05) is 36.4 Å². The molecule has 1 aliphatic heterocycles. The number of nitrogens with one attached hydrogen (secondary N) is 1. The van der Waals surface area contributed by atoms with Gasteiger partial charge in [0.15, 0.2) is 5.82 Å². The predicted molar refractivity (Wildman–Crippen MR) is 127 cm³/mol. The number of fused-ring (bicyclic) bond motifs is 2. The Balaban J connectivity index is 1.59. The number of benzene rings is 2. The van der Waals surface area contributed by atoms with Gasteiger partial charge in [0.2, 0.25) is 0 Å². The molecule has 2 unspecified atom stereocenters. The first kappa shape index (κ1) is 19.8. The molecule has 0 spiro atoms. The first-order valence-electron chi connectivity index (χ1n) is 10.4. The third-order valence-corrected chi connectivity index (χ3v) is 6.69. The second-order valence-electron chi connectivity index (χ2n) is 8.07. The first-order chi connectivity index (χ1) is 15.0. The minimum Gasteiger partial charge on any atom is -0.508 e. The summed E-state index contributed by atoms with van der Waals surface area (Å²) in [5.74, 6) is 1.15. The molecule has 0 saturated heterocycles. The highest BCUT2D eigenvalue weighted by Gasteiger charge is 2.32. The lowest BCUT2D eigenvalue weighted by atomic mass is 10.1. The third-order valence-electron chi connectivity index (χ3n) is 5.74. The standard InChI is InChI=1S/C24H25N5OS/c1-15(2)28-13-25-22-23(28)26-14-29(19-12-31-21-11-7-5-9-18(19)21)24(22)27-16(3)17-8-4-6-10-20(17)30/h4-16,24,27,30H,1-3H3. The summed E-state index contributed by atoms with van der Waals surface area (Å²) < 4.78 is 3.32. The number of rotatable bonds is 5. The van der Waals surface area contributed by atoms with Crippen LogP contribution in [0, 0.1) is 0 Å². The van der Waals surface area contributed by atoms with Crippen LogP contribution in [0.3, 0.4) is 0 Å². The lowest BCUT2D eigenvalue weighted by Crippen LogP contribution is -2.41. The average Bonchev–Trinajstić information content (AvgIpc) is 3.39. The molecular weight excluding hydrogens is 406 g/mol. The fourth-order valence-corrected chi connectivity index (χ4v) is 5.04. The molecule has 2 N–H and O–H groups in total. The fourth-order valence-electron chi connectivity index (χ4n) is 4.09. The molecule has 0 radical (unpaired) electrons. The maximum absolute atomic E-state index is 10.4. The van der Waals surface area contributed by atoms with Crippen LogP contribution in [0.25, 0.3) is 10.1 Å². The number of anilines is 1. The normalized spacial score (nSPS) is 16.8. The Morgan fingerprint density at radius 3 is 2.65 bits per heavy atom. The summed E-state index contributed by atoms with van der Waals surface area (Å²) in [6.07, 6.45) is 3.54. The van der Waals surface area contributed by atoms with E-state index < -0.39 is 0 Å². The van der Waals surface area contributed by atoms with Crippen molar-refractivity contribution in [3.63, 3.8) is 0 Å². The van der Waals surface area contributed by atoms with E-state index in [0.717, 1.165) is 22.8 Å². The summed E-state index contributed by atoms with van der Waals surface area (Å²) in [4.78, 5) is 11.7. The minimum atomic E-state index is -0.222. The van der Waals surface area contributed by atoms with Crippen molar-refractivity contribution in [1.29, 1.82) is 0 Å². The number of nitrogens with zero attached hydrogens (tertiary/aromatic N) is 4. The number of phenolic OH excluding ortho intramolecular Hbond substituents is 1. The maximum Gasteiger partial charge on any atom is 0.161 e. The Morgan fingerprint density at radius 1 is 1.06 bits per heavy atom. The number of aliphatic imine (C=N–C) groups is 1. The molecule has 31 heavy (non-hydrogen) atoms. The van der Waals surface area contributed by atoms with Crippen molar-refractivity contribution < 1.29 is 5.11 Å². The number of thiophene rings is 1. The molecule has 2 aromatic heterocycles. The van der Waals surface area contributed by atoms with E-state index in [4.69, 9.17) is 9.98 Å². The number of para-hydroxylation sites is 1. The zero-order valence-corrected chi connectivity index (χ0v) is 18.5. The van der Waals surface area contributed by atoms with Gasteiger partial charge in [0, 0.05) is 33.1 Å². The van der Waals surface area contributed by atoms with Crippen molar-refractivity contribution in [3.05, 3.63) is 71.5 Å². The Hall–Kier alpha value is -3.16. The van der Waals surface area contributed by atoms with Crippen LogP contribution in [-0.2, 0) is 0 Å². The number of hydrogen-bond acceptors (Lipinski definition) is 6. The second kappa shape index (κ2) is 7.83. The molecule has 0 bridgehead atoms. The van der Waals surface area contributed by atoms with E-state index in [0.29, 0.717) is 0 Å². The molecule has 2 aromatic carbocycles. The van der Waals surface area contributed by atoms with Gasteiger partial charge in [-0.3, -0.25) is 5.32 Å². The molecule has 7 heteroatoms. The topological polar surface area (TPSA) is 65.7 Å². The summed E-state index contributed by atoms with van der Waals surface area (Å²) in [5, 5.41) is 17.4. The molecule has 0 aliphatic carbocycles. The average molecular weight is 432 g/mol. The van der Waals surface area contributed by atoms with Crippen LogP contribution >= 0.6 is 11.3 Å². The summed E-state index contributed by atoms with van der Waals surface area (Å²) in [7, 11) is 0. The summed E-state index contributed by atoms with van der Waals surface area (Å²) in [5.41, 5.74) is 2.83. The van der Waals surface area contributed by atoms with Crippen molar-refractivity contribution in [2.45, 2.75) is 39.0 Å². The van der Waals surface area contributed by atoms with Crippen molar-refractivity contribution in [2.75, 3.05) is 4.90 Å². The van der Waals surface area contributed by atoms with Gasteiger partial charge >= 0.3 is 0 Å². The van der Waals surface area contributed by atoms with Gasteiger partial charge in [0.25, 0.3) is 0 Å². The Morgan fingerprint density at radius 2 is 1.84 bits per heavy atom. The van der Waals surface area contributed by atoms with Gasteiger partial charge in [-0.25, -0.2) is 9.98 Å². The van der Waals surface area contributed by atoms with E-state index in [-0.39, 0.29) is 24.0 Å². The molecule has 3 heterocycles. The van der Waals surface area contributed by atoms with Crippen LogP contribution < -0.4 is 10.2 Å². The molecule has 0 fully saturated rings. The van der Waals surface area contributed by atoms with Gasteiger partial charge in [0.05, 0.1) is 18.4 Å². The van der Waals surface area contributed by atoms with Gasteiger partial charge < -0.3 is 14.6 Å². The van der Waals surface area contributed by atoms with Crippen LogP contribution in [0.5, 0.6) is 5.75 Å². The highest BCUT2D eigenvalue weighted by molar-refractivity contribution is 7.17. The van der Waals surface area contributed by atoms with Gasteiger partial charge in [-0.2, -0.15) is 0 Å². The predicted octanol–water partition coefficient (Wildman–Crippen LogP) is 5.91. The van der Waals surface area contributed by atoms with Gasteiger partial charge in [0.1, 0.15) is 17.6 Å². The Labute approximate surface area is 185 Å². The van der Waals surface area contributed by atoms with Gasteiger partial charge in [-0.05, 0) is 32.9 Å². The van der Waals surface area contributed by atoms with Crippen molar-refractivity contribution in [1.82, 2.24) is 14.9 Å². The SMILES string of the molecule is CC(NC1c2ncn(C(C)C)c2N=CN1c1csc2ccccc12)c1ccccc1O. The largest absolute Gasteiger partial charge is 0.508 e. The Bertz CT molecular complexity index is 1260.